The molecule has 0 saturated heterocycles. The Morgan fingerprint density at radius 1 is 1.03 bits per heavy atom. The molecule has 0 atom stereocenters. The summed E-state index contributed by atoms with van der Waals surface area (Å²) in [5.41, 5.74) is 0.739. The van der Waals surface area contributed by atoms with Crippen LogP contribution in [0.25, 0.3) is 16.6 Å². The Morgan fingerprint density at radius 3 is 2.55 bits per heavy atom. The van der Waals surface area contributed by atoms with Crippen LogP contribution in [0.15, 0.2) is 70.7 Å². The molecular formula is C21H13Cl3N4O2S. The summed E-state index contributed by atoms with van der Waals surface area (Å²) < 4.78 is 1.41. The molecule has 4 rings (SSSR count). The van der Waals surface area contributed by atoms with Crippen LogP contribution in [0, 0.1) is 0 Å². The summed E-state index contributed by atoms with van der Waals surface area (Å²) in [4.78, 5) is 34.3. The van der Waals surface area contributed by atoms with Gasteiger partial charge in [0, 0.05) is 6.20 Å². The molecule has 0 bridgehead atoms. The van der Waals surface area contributed by atoms with Crippen molar-refractivity contribution in [2.45, 2.75) is 5.16 Å². The zero-order valence-corrected chi connectivity index (χ0v) is 18.8. The van der Waals surface area contributed by atoms with Crippen molar-refractivity contribution in [3.63, 3.8) is 0 Å². The molecule has 1 N–H and O–H groups in total. The molecule has 31 heavy (non-hydrogen) atoms. The van der Waals surface area contributed by atoms with Crippen LogP contribution in [0.5, 0.6) is 0 Å². The standard InChI is InChI=1S/C21H13Cl3N4O2S/c22-12-9-15(24)19(25-10-12)27-18(29)11-31-21-26-16-7-3-1-5-13(16)20(30)28(21)17-8-4-2-6-14(17)23/h1-10H,11H2,(H,25,27,29). The van der Waals surface area contributed by atoms with Gasteiger partial charge in [-0.1, -0.05) is 70.8 Å². The van der Waals surface area contributed by atoms with Crippen molar-refractivity contribution in [1.82, 2.24) is 14.5 Å². The zero-order chi connectivity index (χ0) is 22.0. The molecule has 2 aromatic heterocycles. The molecular weight excluding hydrogens is 479 g/mol. The molecule has 0 aliphatic carbocycles. The fourth-order valence-electron chi connectivity index (χ4n) is 2.86. The van der Waals surface area contributed by atoms with Crippen molar-refractivity contribution >= 4 is 69.2 Å². The van der Waals surface area contributed by atoms with E-state index in [1.54, 1.807) is 48.5 Å². The van der Waals surface area contributed by atoms with Gasteiger partial charge in [0.25, 0.3) is 5.56 Å². The number of carbonyl (C=O) groups excluding carboxylic acids is 1. The van der Waals surface area contributed by atoms with E-state index >= 15 is 0 Å². The van der Waals surface area contributed by atoms with E-state index in [9.17, 15) is 9.59 Å². The third kappa shape index (κ3) is 4.70. The Hall–Kier alpha value is -2.58. The average molecular weight is 492 g/mol. The average Bonchev–Trinajstić information content (AvgIpc) is 2.75. The number of aromatic nitrogens is 3. The first-order valence-corrected chi connectivity index (χ1v) is 11.1. The van der Waals surface area contributed by atoms with Crippen LogP contribution in [0.4, 0.5) is 5.82 Å². The summed E-state index contributed by atoms with van der Waals surface area (Å²) in [7, 11) is 0. The minimum Gasteiger partial charge on any atom is -0.309 e. The largest absolute Gasteiger partial charge is 0.309 e. The molecule has 0 spiro atoms. The van der Waals surface area contributed by atoms with Gasteiger partial charge in [-0.25, -0.2) is 9.97 Å². The topological polar surface area (TPSA) is 76.9 Å². The van der Waals surface area contributed by atoms with Gasteiger partial charge in [-0.3, -0.25) is 14.2 Å². The molecule has 4 aromatic rings. The van der Waals surface area contributed by atoms with Crippen molar-refractivity contribution in [2.24, 2.45) is 0 Å². The first-order chi connectivity index (χ1) is 14.9. The minimum atomic E-state index is -0.366. The highest BCUT2D eigenvalue weighted by molar-refractivity contribution is 7.99. The number of nitrogens with zero attached hydrogens (tertiary/aromatic N) is 3. The normalized spacial score (nSPS) is 10.9. The lowest BCUT2D eigenvalue weighted by Gasteiger charge is -2.14. The zero-order valence-electron chi connectivity index (χ0n) is 15.7. The highest BCUT2D eigenvalue weighted by Gasteiger charge is 2.17. The van der Waals surface area contributed by atoms with Gasteiger partial charge in [-0.15, -0.1) is 0 Å². The van der Waals surface area contributed by atoms with E-state index in [1.165, 1.54) is 16.8 Å². The maximum absolute atomic E-state index is 13.2. The molecule has 0 saturated carbocycles. The van der Waals surface area contributed by atoms with Crippen LogP contribution in [0.3, 0.4) is 0 Å². The third-order valence-electron chi connectivity index (χ3n) is 4.24. The minimum absolute atomic E-state index is 0.0319. The molecule has 0 radical (unpaired) electrons. The van der Waals surface area contributed by atoms with Crippen LogP contribution in [-0.4, -0.2) is 26.2 Å². The summed E-state index contributed by atoms with van der Waals surface area (Å²) in [6.45, 7) is 0. The molecule has 10 heteroatoms. The van der Waals surface area contributed by atoms with Gasteiger partial charge in [0.1, 0.15) is 0 Å². The van der Waals surface area contributed by atoms with Gasteiger partial charge in [-0.2, -0.15) is 0 Å². The Morgan fingerprint density at radius 2 is 1.77 bits per heavy atom. The number of amides is 1. The second-order valence-corrected chi connectivity index (χ2v) is 8.52. The lowest BCUT2D eigenvalue weighted by atomic mass is 10.2. The number of para-hydroxylation sites is 2. The van der Waals surface area contributed by atoms with Gasteiger partial charge < -0.3 is 5.32 Å². The molecule has 0 aliphatic heterocycles. The van der Waals surface area contributed by atoms with Crippen molar-refractivity contribution < 1.29 is 4.79 Å². The van der Waals surface area contributed by atoms with E-state index in [4.69, 9.17) is 34.8 Å². The van der Waals surface area contributed by atoms with Crippen LogP contribution >= 0.6 is 46.6 Å². The van der Waals surface area contributed by atoms with E-state index in [-0.39, 0.29) is 28.1 Å². The lowest BCUT2D eigenvalue weighted by Crippen LogP contribution is -2.23. The number of carbonyl (C=O) groups is 1. The van der Waals surface area contributed by atoms with Crippen LogP contribution in [0.1, 0.15) is 0 Å². The molecule has 156 valence electrons. The molecule has 6 nitrogen and oxygen atoms in total. The van der Waals surface area contributed by atoms with Crippen LogP contribution in [0.2, 0.25) is 15.1 Å². The van der Waals surface area contributed by atoms with Gasteiger partial charge in [-0.05, 0) is 30.3 Å². The summed E-state index contributed by atoms with van der Waals surface area (Å²) >= 11 is 19.3. The molecule has 1 amide bonds. The van der Waals surface area contributed by atoms with Crippen molar-refractivity contribution in [3.8, 4) is 5.69 Å². The number of pyridine rings is 1. The van der Waals surface area contributed by atoms with E-state index < -0.39 is 0 Å². The number of thioether (sulfide) groups is 1. The number of benzene rings is 2. The monoisotopic (exact) mass is 490 g/mol. The predicted octanol–water partition coefficient (Wildman–Crippen LogP) is 5.47. The molecule has 2 heterocycles. The Labute approximate surface area is 196 Å². The number of fused-ring (bicyclic) bond motifs is 1. The SMILES string of the molecule is O=C(CSc1nc2ccccc2c(=O)n1-c1ccccc1Cl)Nc1ncc(Cl)cc1Cl. The van der Waals surface area contributed by atoms with E-state index in [2.05, 4.69) is 15.3 Å². The number of anilines is 1. The van der Waals surface area contributed by atoms with Crippen molar-refractivity contribution in [2.75, 3.05) is 11.1 Å². The van der Waals surface area contributed by atoms with Crippen LogP contribution < -0.4 is 10.9 Å². The number of hydrogen-bond acceptors (Lipinski definition) is 5. The summed E-state index contributed by atoms with van der Waals surface area (Å²) in [6, 6.07) is 15.5. The van der Waals surface area contributed by atoms with Gasteiger partial charge in [0.2, 0.25) is 5.91 Å². The predicted molar refractivity (Wildman–Crippen MR) is 126 cm³/mol. The van der Waals surface area contributed by atoms with Gasteiger partial charge in [0.05, 0.1) is 37.4 Å². The number of hydrogen-bond donors (Lipinski definition) is 1. The summed E-state index contributed by atoms with van der Waals surface area (Å²) in [5, 5.41) is 4.40. The second kappa shape index (κ2) is 9.28. The lowest BCUT2D eigenvalue weighted by molar-refractivity contribution is -0.113. The number of rotatable bonds is 5. The van der Waals surface area contributed by atoms with E-state index in [1.807, 2.05) is 0 Å². The first-order valence-electron chi connectivity index (χ1n) is 8.94. The molecule has 0 fully saturated rings. The van der Waals surface area contributed by atoms with Crippen molar-refractivity contribution in [1.29, 1.82) is 0 Å². The van der Waals surface area contributed by atoms with Gasteiger partial charge >= 0.3 is 0 Å². The highest BCUT2D eigenvalue weighted by atomic mass is 35.5. The molecule has 0 unspecified atom stereocenters. The fourth-order valence-corrected chi connectivity index (χ4v) is 4.31. The highest BCUT2D eigenvalue weighted by Crippen LogP contribution is 2.26. The maximum Gasteiger partial charge on any atom is 0.266 e. The Kier molecular flexibility index (Phi) is 6.48. The first kappa shape index (κ1) is 21.6. The molecule has 0 aliphatic rings. The fraction of sp³-hybridized carbons (Fsp3) is 0.0476. The third-order valence-corrected chi connectivity index (χ3v) is 5.99. The summed E-state index contributed by atoms with van der Waals surface area (Å²) in [5.74, 6) is -0.197. The maximum atomic E-state index is 13.2. The molecule has 2 aromatic carbocycles. The Bertz CT molecular complexity index is 1360. The number of halogens is 3. The quantitative estimate of drug-likeness (QED) is 0.296. The van der Waals surface area contributed by atoms with E-state index in [0.29, 0.717) is 31.8 Å². The smallest absolute Gasteiger partial charge is 0.266 e. The second-order valence-electron chi connectivity index (χ2n) is 6.32. The number of nitrogens with one attached hydrogen (secondary N) is 1. The van der Waals surface area contributed by atoms with Gasteiger partial charge in [0.15, 0.2) is 11.0 Å². The Balaban J connectivity index is 1.68. The van der Waals surface area contributed by atoms with Crippen molar-refractivity contribution in [3.05, 3.63) is 86.2 Å². The summed E-state index contributed by atoms with van der Waals surface area (Å²) in [6.07, 6.45) is 1.39. The van der Waals surface area contributed by atoms with E-state index in [0.717, 1.165) is 11.8 Å². The van der Waals surface area contributed by atoms with Crippen LogP contribution in [-0.2, 0) is 4.79 Å².